The molecule has 0 spiro atoms. The number of carbonyl (C=O) groups is 1. The summed E-state index contributed by atoms with van der Waals surface area (Å²) < 4.78 is 18.4. The molecule has 0 radical (unpaired) electrons. The third kappa shape index (κ3) is 4.35. The van der Waals surface area contributed by atoms with Gasteiger partial charge in [0.15, 0.2) is 5.78 Å². The molecule has 0 amide bonds. The molecule has 0 aliphatic heterocycles. The van der Waals surface area contributed by atoms with E-state index in [9.17, 15) is 9.18 Å². The summed E-state index contributed by atoms with van der Waals surface area (Å²) in [6.45, 7) is 1.90. The lowest BCUT2D eigenvalue weighted by Crippen LogP contribution is -1.95. The Morgan fingerprint density at radius 2 is 1.75 bits per heavy atom. The SMILES string of the molecule is CC(=O)/C=C/c1ccc(OCc2ccc(F)cc2)cc1. The number of hydrogen-bond donors (Lipinski definition) is 0. The van der Waals surface area contributed by atoms with Crippen LogP contribution < -0.4 is 4.74 Å². The van der Waals surface area contributed by atoms with E-state index in [-0.39, 0.29) is 11.6 Å². The van der Waals surface area contributed by atoms with E-state index in [0.29, 0.717) is 6.61 Å². The lowest BCUT2D eigenvalue weighted by atomic mass is 10.2. The van der Waals surface area contributed by atoms with Gasteiger partial charge in [0.25, 0.3) is 0 Å². The summed E-state index contributed by atoms with van der Waals surface area (Å²) in [5.41, 5.74) is 1.85. The van der Waals surface area contributed by atoms with Crippen LogP contribution in [0.4, 0.5) is 4.39 Å². The maximum absolute atomic E-state index is 12.8. The van der Waals surface area contributed by atoms with Crippen molar-refractivity contribution in [1.82, 2.24) is 0 Å². The Kier molecular flexibility index (Phi) is 4.66. The highest BCUT2D eigenvalue weighted by atomic mass is 19.1. The monoisotopic (exact) mass is 270 g/mol. The summed E-state index contributed by atoms with van der Waals surface area (Å²) in [5, 5.41) is 0. The highest BCUT2D eigenvalue weighted by molar-refractivity contribution is 5.91. The van der Waals surface area contributed by atoms with Crippen molar-refractivity contribution in [1.29, 1.82) is 0 Å². The van der Waals surface area contributed by atoms with Crippen molar-refractivity contribution in [2.45, 2.75) is 13.5 Å². The number of ketones is 1. The topological polar surface area (TPSA) is 26.3 Å². The summed E-state index contributed by atoms with van der Waals surface area (Å²) in [4.78, 5) is 10.8. The van der Waals surface area contributed by atoms with Gasteiger partial charge in [-0.15, -0.1) is 0 Å². The average Bonchev–Trinajstić information content (AvgIpc) is 2.45. The van der Waals surface area contributed by atoms with Gasteiger partial charge >= 0.3 is 0 Å². The number of hydrogen-bond acceptors (Lipinski definition) is 2. The summed E-state index contributed by atoms with van der Waals surface area (Å²) in [5.74, 6) is 0.492. The molecule has 0 atom stereocenters. The quantitative estimate of drug-likeness (QED) is 0.767. The number of halogens is 1. The summed E-state index contributed by atoms with van der Waals surface area (Å²) >= 11 is 0. The number of rotatable bonds is 5. The predicted molar refractivity (Wildman–Crippen MR) is 76.9 cm³/mol. The lowest BCUT2D eigenvalue weighted by molar-refractivity contribution is -0.112. The molecule has 20 heavy (non-hydrogen) atoms. The Labute approximate surface area is 117 Å². The fraction of sp³-hybridized carbons (Fsp3) is 0.118. The molecule has 3 heteroatoms. The second-order valence-electron chi connectivity index (χ2n) is 4.43. The van der Waals surface area contributed by atoms with Crippen LogP contribution in [0.25, 0.3) is 6.08 Å². The third-order valence-electron chi connectivity index (χ3n) is 2.71. The van der Waals surface area contributed by atoms with Gasteiger partial charge in [-0.25, -0.2) is 4.39 Å². The lowest BCUT2D eigenvalue weighted by Gasteiger charge is -2.06. The number of benzene rings is 2. The summed E-state index contributed by atoms with van der Waals surface area (Å²) in [6, 6.07) is 13.6. The highest BCUT2D eigenvalue weighted by Gasteiger charge is 1.97. The maximum atomic E-state index is 12.8. The average molecular weight is 270 g/mol. The zero-order valence-electron chi connectivity index (χ0n) is 11.2. The number of carbonyl (C=O) groups excluding carboxylic acids is 1. The van der Waals surface area contributed by atoms with E-state index in [1.54, 1.807) is 18.2 Å². The summed E-state index contributed by atoms with van der Waals surface area (Å²) in [6.07, 6.45) is 3.28. The zero-order valence-corrected chi connectivity index (χ0v) is 11.2. The van der Waals surface area contributed by atoms with Crippen molar-refractivity contribution < 1.29 is 13.9 Å². The van der Waals surface area contributed by atoms with Crippen molar-refractivity contribution >= 4 is 11.9 Å². The van der Waals surface area contributed by atoms with E-state index in [2.05, 4.69) is 0 Å². The number of allylic oxidation sites excluding steroid dienone is 1. The fourth-order valence-corrected chi connectivity index (χ4v) is 1.64. The smallest absolute Gasteiger partial charge is 0.152 e. The molecule has 2 rings (SSSR count). The van der Waals surface area contributed by atoms with Crippen molar-refractivity contribution in [3.05, 3.63) is 71.6 Å². The Morgan fingerprint density at radius 3 is 2.35 bits per heavy atom. The van der Waals surface area contributed by atoms with E-state index in [1.807, 2.05) is 24.3 Å². The van der Waals surface area contributed by atoms with Gasteiger partial charge in [0.1, 0.15) is 18.2 Å². The van der Waals surface area contributed by atoms with Crippen LogP contribution in [0, 0.1) is 5.82 Å². The molecule has 2 aromatic rings. The number of ether oxygens (including phenoxy) is 1. The highest BCUT2D eigenvalue weighted by Crippen LogP contribution is 2.15. The van der Waals surface area contributed by atoms with Crippen molar-refractivity contribution in [2.24, 2.45) is 0 Å². The van der Waals surface area contributed by atoms with Crippen molar-refractivity contribution in [3.8, 4) is 5.75 Å². The van der Waals surface area contributed by atoms with Gasteiger partial charge in [-0.1, -0.05) is 30.3 Å². The molecular weight excluding hydrogens is 255 g/mol. The molecule has 0 bridgehead atoms. The van der Waals surface area contributed by atoms with Crippen LogP contribution in [0.1, 0.15) is 18.1 Å². The van der Waals surface area contributed by atoms with Gasteiger partial charge in [-0.3, -0.25) is 4.79 Å². The van der Waals surface area contributed by atoms with E-state index in [1.165, 1.54) is 25.1 Å². The molecule has 102 valence electrons. The third-order valence-corrected chi connectivity index (χ3v) is 2.71. The normalized spacial score (nSPS) is 10.7. The largest absolute Gasteiger partial charge is 0.489 e. The van der Waals surface area contributed by atoms with Crippen LogP contribution >= 0.6 is 0 Å². The molecule has 0 aliphatic rings. The van der Waals surface area contributed by atoms with Gasteiger partial charge in [0.05, 0.1) is 0 Å². The molecule has 2 aromatic carbocycles. The van der Waals surface area contributed by atoms with Crippen LogP contribution in [0.15, 0.2) is 54.6 Å². The van der Waals surface area contributed by atoms with Crippen molar-refractivity contribution in [2.75, 3.05) is 0 Å². The van der Waals surface area contributed by atoms with Crippen LogP contribution in [0.3, 0.4) is 0 Å². The van der Waals surface area contributed by atoms with Crippen LogP contribution in [0.5, 0.6) is 5.75 Å². The van der Waals surface area contributed by atoms with Gasteiger partial charge < -0.3 is 4.74 Å². The van der Waals surface area contributed by atoms with Gasteiger partial charge in [0, 0.05) is 0 Å². The first-order valence-electron chi connectivity index (χ1n) is 6.29. The Morgan fingerprint density at radius 1 is 1.10 bits per heavy atom. The van der Waals surface area contributed by atoms with E-state index >= 15 is 0 Å². The second kappa shape index (κ2) is 6.66. The van der Waals surface area contributed by atoms with Gasteiger partial charge in [-0.05, 0) is 48.4 Å². The minimum absolute atomic E-state index is 0.0154. The Bertz CT molecular complexity index is 598. The molecule has 0 saturated carbocycles. The van der Waals surface area contributed by atoms with E-state index in [0.717, 1.165) is 16.9 Å². The fourth-order valence-electron chi connectivity index (χ4n) is 1.64. The van der Waals surface area contributed by atoms with Gasteiger partial charge in [-0.2, -0.15) is 0 Å². The Hall–Kier alpha value is -2.42. The van der Waals surface area contributed by atoms with Crippen LogP contribution in [0.2, 0.25) is 0 Å². The van der Waals surface area contributed by atoms with Crippen LogP contribution in [-0.2, 0) is 11.4 Å². The predicted octanol–water partition coefficient (Wildman–Crippen LogP) is 4.01. The molecule has 0 N–H and O–H groups in total. The molecule has 0 aromatic heterocycles. The Balaban J connectivity index is 1.93. The molecular formula is C17H15FO2. The maximum Gasteiger partial charge on any atom is 0.152 e. The second-order valence-corrected chi connectivity index (χ2v) is 4.43. The molecule has 0 saturated heterocycles. The molecule has 0 unspecified atom stereocenters. The molecule has 0 fully saturated rings. The minimum atomic E-state index is -0.254. The standard InChI is InChI=1S/C17H15FO2/c1-13(19)2-3-14-6-10-17(11-7-14)20-12-15-4-8-16(18)9-5-15/h2-11H,12H2,1H3/b3-2+. The first kappa shape index (κ1) is 14.0. The van der Waals surface area contributed by atoms with Crippen LogP contribution in [-0.4, -0.2) is 5.78 Å². The van der Waals surface area contributed by atoms with E-state index < -0.39 is 0 Å². The van der Waals surface area contributed by atoms with Gasteiger partial charge in [0.2, 0.25) is 0 Å². The summed E-state index contributed by atoms with van der Waals surface area (Å²) in [7, 11) is 0. The van der Waals surface area contributed by atoms with Crippen molar-refractivity contribution in [3.63, 3.8) is 0 Å². The minimum Gasteiger partial charge on any atom is -0.489 e. The first-order chi connectivity index (χ1) is 9.63. The molecule has 0 heterocycles. The zero-order chi connectivity index (χ0) is 14.4. The molecule has 2 nitrogen and oxygen atoms in total. The van der Waals surface area contributed by atoms with E-state index in [4.69, 9.17) is 4.74 Å². The molecule has 0 aliphatic carbocycles. The first-order valence-corrected chi connectivity index (χ1v) is 6.29.